The first-order valence-electron chi connectivity index (χ1n) is 7.37. The van der Waals surface area contributed by atoms with Crippen molar-refractivity contribution in [2.75, 3.05) is 30.4 Å². The molecule has 1 heterocycles. The van der Waals surface area contributed by atoms with Gasteiger partial charge < -0.3 is 15.3 Å². The number of hydrogen-bond donors (Lipinski definition) is 2. The number of aliphatic hydroxyl groups excluding tert-OH is 1. The standard InChI is InChI=1S/C15H26N4O/c1-6-16-12-10(2)14(19(5)15(3,4)9-20)18-13(17-12)11-7-8-11/h11,20H,6-9H2,1-5H3,(H,16,17,18). The molecule has 0 amide bonds. The van der Waals surface area contributed by atoms with Gasteiger partial charge in [-0.25, -0.2) is 9.97 Å². The fourth-order valence-electron chi connectivity index (χ4n) is 2.10. The van der Waals surface area contributed by atoms with E-state index in [1.54, 1.807) is 0 Å². The van der Waals surface area contributed by atoms with Crippen molar-refractivity contribution in [2.24, 2.45) is 0 Å². The molecule has 5 heteroatoms. The van der Waals surface area contributed by atoms with E-state index in [1.165, 1.54) is 12.8 Å². The molecule has 1 fully saturated rings. The second-order valence-corrected chi connectivity index (χ2v) is 6.21. The molecule has 0 atom stereocenters. The highest BCUT2D eigenvalue weighted by molar-refractivity contribution is 5.59. The SMILES string of the molecule is CCNc1nc(C2CC2)nc(N(C)C(C)(C)CO)c1C. The van der Waals surface area contributed by atoms with Crippen LogP contribution in [-0.2, 0) is 0 Å². The van der Waals surface area contributed by atoms with E-state index in [2.05, 4.69) is 22.1 Å². The summed E-state index contributed by atoms with van der Waals surface area (Å²) < 4.78 is 0. The maximum atomic E-state index is 9.58. The summed E-state index contributed by atoms with van der Waals surface area (Å²) in [5, 5.41) is 12.9. The van der Waals surface area contributed by atoms with Gasteiger partial charge in [-0.05, 0) is 40.5 Å². The lowest BCUT2D eigenvalue weighted by Gasteiger charge is -2.36. The summed E-state index contributed by atoms with van der Waals surface area (Å²) in [6.07, 6.45) is 2.36. The Morgan fingerprint density at radius 2 is 2.00 bits per heavy atom. The van der Waals surface area contributed by atoms with Gasteiger partial charge in [0.1, 0.15) is 17.5 Å². The quantitative estimate of drug-likeness (QED) is 0.836. The average molecular weight is 278 g/mol. The molecule has 1 aromatic rings. The van der Waals surface area contributed by atoms with Crippen molar-refractivity contribution < 1.29 is 5.11 Å². The molecule has 1 saturated carbocycles. The number of rotatable bonds is 6. The van der Waals surface area contributed by atoms with Gasteiger partial charge in [0, 0.05) is 25.1 Å². The third kappa shape index (κ3) is 2.87. The number of aromatic nitrogens is 2. The fraction of sp³-hybridized carbons (Fsp3) is 0.733. The second-order valence-electron chi connectivity index (χ2n) is 6.21. The van der Waals surface area contributed by atoms with Crippen LogP contribution in [0.1, 0.15) is 50.9 Å². The van der Waals surface area contributed by atoms with Crippen LogP contribution in [0.5, 0.6) is 0 Å². The zero-order chi connectivity index (χ0) is 14.9. The molecule has 1 aromatic heterocycles. The van der Waals surface area contributed by atoms with Crippen molar-refractivity contribution in [3.8, 4) is 0 Å². The number of aliphatic hydroxyl groups is 1. The topological polar surface area (TPSA) is 61.3 Å². The Balaban J connectivity index is 2.44. The third-order valence-electron chi connectivity index (χ3n) is 4.04. The zero-order valence-electron chi connectivity index (χ0n) is 13.2. The van der Waals surface area contributed by atoms with Crippen LogP contribution in [0.2, 0.25) is 0 Å². The highest BCUT2D eigenvalue weighted by atomic mass is 16.3. The van der Waals surface area contributed by atoms with Gasteiger partial charge in [-0.3, -0.25) is 0 Å². The molecule has 0 radical (unpaired) electrons. The summed E-state index contributed by atoms with van der Waals surface area (Å²) in [5.74, 6) is 3.27. The first-order chi connectivity index (χ1) is 9.40. The Kier molecular flexibility index (Phi) is 4.18. The third-order valence-corrected chi connectivity index (χ3v) is 4.04. The van der Waals surface area contributed by atoms with Crippen molar-refractivity contribution in [3.63, 3.8) is 0 Å². The van der Waals surface area contributed by atoms with Crippen LogP contribution in [0.4, 0.5) is 11.6 Å². The van der Waals surface area contributed by atoms with Gasteiger partial charge in [-0.15, -0.1) is 0 Å². The zero-order valence-corrected chi connectivity index (χ0v) is 13.2. The summed E-state index contributed by atoms with van der Waals surface area (Å²) in [6.45, 7) is 9.06. The number of anilines is 2. The molecule has 0 aromatic carbocycles. The molecule has 112 valence electrons. The Hall–Kier alpha value is -1.36. The van der Waals surface area contributed by atoms with Gasteiger partial charge in [0.25, 0.3) is 0 Å². The predicted molar refractivity (Wildman–Crippen MR) is 82.5 cm³/mol. The molecule has 5 nitrogen and oxygen atoms in total. The Morgan fingerprint density at radius 1 is 1.35 bits per heavy atom. The fourth-order valence-corrected chi connectivity index (χ4v) is 2.10. The molecular weight excluding hydrogens is 252 g/mol. The van der Waals surface area contributed by atoms with Crippen molar-refractivity contribution in [3.05, 3.63) is 11.4 Å². The minimum atomic E-state index is -0.344. The minimum absolute atomic E-state index is 0.0856. The number of nitrogens with one attached hydrogen (secondary N) is 1. The lowest BCUT2D eigenvalue weighted by molar-refractivity contribution is 0.215. The molecule has 0 bridgehead atoms. The first kappa shape index (κ1) is 15.0. The van der Waals surface area contributed by atoms with Gasteiger partial charge in [0.15, 0.2) is 0 Å². The van der Waals surface area contributed by atoms with Crippen molar-refractivity contribution in [1.82, 2.24) is 9.97 Å². The smallest absolute Gasteiger partial charge is 0.137 e. The van der Waals surface area contributed by atoms with E-state index in [4.69, 9.17) is 4.98 Å². The van der Waals surface area contributed by atoms with Crippen LogP contribution < -0.4 is 10.2 Å². The van der Waals surface area contributed by atoms with Gasteiger partial charge >= 0.3 is 0 Å². The summed E-state index contributed by atoms with van der Waals surface area (Å²) >= 11 is 0. The molecule has 0 saturated heterocycles. The van der Waals surface area contributed by atoms with Crippen molar-refractivity contribution in [2.45, 2.75) is 52.0 Å². The van der Waals surface area contributed by atoms with Gasteiger partial charge in [-0.1, -0.05) is 0 Å². The first-order valence-corrected chi connectivity index (χ1v) is 7.37. The van der Waals surface area contributed by atoms with E-state index in [1.807, 2.05) is 27.8 Å². The van der Waals surface area contributed by atoms with E-state index >= 15 is 0 Å². The van der Waals surface area contributed by atoms with Gasteiger partial charge in [0.05, 0.1) is 12.1 Å². The van der Waals surface area contributed by atoms with Crippen molar-refractivity contribution >= 4 is 11.6 Å². The predicted octanol–water partition coefficient (Wildman–Crippen LogP) is 2.30. The van der Waals surface area contributed by atoms with Crippen LogP contribution in [0, 0.1) is 6.92 Å². The molecule has 0 aliphatic heterocycles. The summed E-state index contributed by atoms with van der Waals surface area (Å²) in [6, 6.07) is 0. The highest BCUT2D eigenvalue weighted by Crippen LogP contribution is 2.40. The molecule has 1 aliphatic carbocycles. The van der Waals surface area contributed by atoms with Crippen LogP contribution in [-0.4, -0.2) is 40.8 Å². The Bertz CT molecular complexity index is 483. The maximum Gasteiger partial charge on any atom is 0.137 e. The van der Waals surface area contributed by atoms with E-state index in [0.717, 1.165) is 29.6 Å². The minimum Gasteiger partial charge on any atom is -0.394 e. The maximum absolute atomic E-state index is 9.58. The Labute approximate surface area is 121 Å². The van der Waals surface area contributed by atoms with Crippen LogP contribution in [0.15, 0.2) is 0 Å². The lowest BCUT2D eigenvalue weighted by atomic mass is 10.0. The van der Waals surface area contributed by atoms with E-state index < -0.39 is 0 Å². The van der Waals surface area contributed by atoms with Crippen molar-refractivity contribution in [1.29, 1.82) is 0 Å². The normalized spacial score (nSPS) is 15.3. The largest absolute Gasteiger partial charge is 0.394 e. The lowest BCUT2D eigenvalue weighted by Crippen LogP contribution is -2.45. The summed E-state index contributed by atoms with van der Waals surface area (Å²) in [4.78, 5) is 11.5. The van der Waals surface area contributed by atoms with Gasteiger partial charge in [0.2, 0.25) is 0 Å². The second kappa shape index (κ2) is 5.56. The van der Waals surface area contributed by atoms with Crippen LogP contribution in [0.3, 0.4) is 0 Å². The highest BCUT2D eigenvalue weighted by Gasteiger charge is 2.31. The average Bonchev–Trinajstić information content (AvgIpc) is 3.25. The molecule has 2 rings (SSSR count). The molecule has 1 aliphatic rings. The number of hydrogen-bond acceptors (Lipinski definition) is 5. The number of nitrogens with zero attached hydrogens (tertiary/aromatic N) is 3. The van der Waals surface area contributed by atoms with E-state index in [-0.39, 0.29) is 12.1 Å². The molecule has 20 heavy (non-hydrogen) atoms. The Morgan fingerprint density at radius 3 is 2.50 bits per heavy atom. The summed E-state index contributed by atoms with van der Waals surface area (Å²) in [5.41, 5.74) is 0.698. The molecular formula is C15H26N4O. The monoisotopic (exact) mass is 278 g/mol. The molecule has 0 unspecified atom stereocenters. The van der Waals surface area contributed by atoms with E-state index in [0.29, 0.717) is 5.92 Å². The van der Waals surface area contributed by atoms with E-state index in [9.17, 15) is 5.11 Å². The van der Waals surface area contributed by atoms with Crippen LogP contribution >= 0.6 is 0 Å². The molecule has 0 spiro atoms. The van der Waals surface area contributed by atoms with Crippen LogP contribution in [0.25, 0.3) is 0 Å². The van der Waals surface area contributed by atoms with Gasteiger partial charge in [-0.2, -0.15) is 0 Å². The number of likely N-dealkylation sites (N-methyl/N-ethyl adjacent to an activating group) is 1. The molecule has 2 N–H and O–H groups in total. The summed E-state index contributed by atoms with van der Waals surface area (Å²) in [7, 11) is 1.98.